The van der Waals surface area contributed by atoms with Crippen molar-refractivity contribution in [3.63, 3.8) is 0 Å². The molecule has 6 heteroatoms. The standard InChI is InChI=1S/C24H36O6/c1-2-3-4-5-6-7-8-9-10-14-17-28-24-22(21(26)20(18-25)29-24)30-23(27)19-15-12-11-13-16-19/h3-4,11-13,15-16,20-22,24-26H,2,5-10,14,17-18H2,1H3/b4-3-/t20-,21-,22+,24+/m1/s1. The van der Waals surface area contributed by atoms with Crippen molar-refractivity contribution in [3.8, 4) is 0 Å². The summed E-state index contributed by atoms with van der Waals surface area (Å²) >= 11 is 0. The molecule has 2 N–H and O–H groups in total. The fourth-order valence-corrected chi connectivity index (χ4v) is 3.43. The highest BCUT2D eigenvalue weighted by atomic mass is 16.7. The SMILES string of the molecule is CC/C=C\CCCCCCCCO[C@H]1O[C@H](CO)[C@@H](O)[C@@H]1OC(=O)c1ccccc1. The minimum absolute atomic E-state index is 0.367. The van der Waals surface area contributed by atoms with Gasteiger partial charge in [0, 0.05) is 6.61 Å². The van der Waals surface area contributed by atoms with Crippen LogP contribution in [0.4, 0.5) is 0 Å². The first kappa shape index (κ1) is 24.5. The minimum Gasteiger partial charge on any atom is -0.450 e. The number of ether oxygens (including phenoxy) is 3. The lowest BCUT2D eigenvalue weighted by Gasteiger charge is -2.21. The Labute approximate surface area is 179 Å². The summed E-state index contributed by atoms with van der Waals surface area (Å²) in [6.45, 7) is 2.23. The quantitative estimate of drug-likeness (QED) is 0.269. The van der Waals surface area contributed by atoms with E-state index in [0.717, 1.165) is 32.1 Å². The molecule has 0 aliphatic carbocycles. The molecule has 1 aromatic rings. The van der Waals surface area contributed by atoms with Gasteiger partial charge in [-0.25, -0.2) is 4.79 Å². The minimum atomic E-state index is -1.13. The highest BCUT2D eigenvalue weighted by molar-refractivity contribution is 5.89. The van der Waals surface area contributed by atoms with Crippen molar-refractivity contribution in [1.29, 1.82) is 0 Å². The van der Waals surface area contributed by atoms with Crippen molar-refractivity contribution in [1.82, 2.24) is 0 Å². The average Bonchev–Trinajstić information content (AvgIpc) is 3.07. The molecule has 0 aromatic heterocycles. The van der Waals surface area contributed by atoms with E-state index in [4.69, 9.17) is 14.2 Å². The molecular weight excluding hydrogens is 384 g/mol. The van der Waals surface area contributed by atoms with E-state index in [1.165, 1.54) is 19.3 Å². The van der Waals surface area contributed by atoms with Gasteiger partial charge in [-0.1, -0.05) is 63.0 Å². The van der Waals surface area contributed by atoms with Crippen LogP contribution in [0.1, 0.15) is 68.6 Å². The van der Waals surface area contributed by atoms with E-state index >= 15 is 0 Å². The molecule has 1 heterocycles. The van der Waals surface area contributed by atoms with Gasteiger partial charge in [-0.3, -0.25) is 0 Å². The van der Waals surface area contributed by atoms with Crippen LogP contribution in [-0.2, 0) is 14.2 Å². The van der Waals surface area contributed by atoms with Gasteiger partial charge in [0.15, 0.2) is 12.4 Å². The normalized spacial score (nSPS) is 23.8. The number of allylic oxidation sites excluding steroid dienone is 2. The molecule has 0 unspecified atom stereocenters. The third-order valence-corrected chi connectivity index (χ3v) is 5.18. The van der Waals surface area contributed by atoms with Gasteiger partial charge < -0.3 is 24.4 Å². The van der Waals surface area contributed by atoms with Crippen LogP contribution in [0.2, 0.25) is 0 Å². The molecular formula is C24H36O6. The molecule has 0 bridgehead atoms. The van der Waals surface area contributed by atoms with Crippen LogP contribution in [0.5, 0.6) is 0 Å². The van der Waals surface area contributed by atoms with E-state index in [1.807, 2.05) is 6.07 Å². The van der Waals surface area contributed by atoms with Crippen molar-refractivity contribution < 1.29 is 29.2 Å². The summed E-state index contributed by atoms with van der Waals surface area (Å²) in [5.74, 6) is -0.552. The lowest BCUT2D eigenvalue weighted by atomic mass is 10.1. The maximum atomic E-state index is 12.3. The van der Waals surface area contributed by atoms with Gasteiger partial charge in [0.25, 0.3) is 0 Å². The predicted molar refractivity (Wildman–Crippen MR) is 115 cm³/mol. The Morgan fingerprint density at radius 2 is 1.77 bits per heavy atom. The molecule has 1 saturated heterocycles. The summed E-state index contributed by atoms with van der Waals surface area (Å²) in [5.41, 5.74) is 0.390. The summed E-state index contributed by atoms with van der Waals surface area (Å²) in [6.07, 6.45) is 9.69. The largest absolute Gasteiger partial charge is 0.450 e. The molecule has 0 amide bonds. The highest BCUT2D eigenvalue weighted by Gasteiger charge is 2.46. The maximum absolute atomic E-state index is 12.3. The monoisotopic (exact) mass is 420 g/mol. The first-order chi connectivity index (χ1) is 14.7. The highest BCUT2D eigenvalue weighted by Crippen LogP contribution is 2.26. The first-order valence-electron chi connectivity index (χ1n) is 11.1. The van der Waals surface area contributed by atoms with Gasteiger partial charge in [0.2, 0.25) is 0 Å². The second kappa shape index (κ2) is 14.3. The number of esters is 1. The summed E-state index contributed by atoms with van der Waals surface area (Å²) in [5, 5.41) is 19.7. The van der Waals surface area contributed by atoms with Crippen molar-refractivity contribution in [2.45, 2.75) is 82.9 Å². The van der Waals surface area contributed by atoms with E-state index in [0.29, 0.717) is 12.2 Å². The second-order valence-electron chi connectivity index (χ2n) is 7.61. The summed E-state index contributed by atoms with van der Waals surface area (Å²) < 4.78 is 16.8. The van der Waals surface area contributed by atoms with Gasteiger partial charge in [0.05, 0.1) is 12.2 Å². The lowest BCUT2D eigenvalue weighted by Crippen LogP contribution is -2.39. The molecule has 0 spiro atoms. The van der Waals surface area contributed by atoms with Crippen LogP contribution in [0.15, 0.2) is 42.5 Å². The van der Waals surface area contributed by atoms with Gasteiger partial charge in [-0.15, -0.1) is 0 Å². The lowest BCUT2D eigenvalue weighted by molar-refractivity contribution is -0.170. The summed E-state index contributed by atoms with van der Waals surface area (Å²) in [7, 11) is 0. The van der Waals surface area contributed by atoms with E-state index in [1.54, 1.807) is 24.3 Å². The van der Waals surface area contributed by atoms with Crippen molar-refractivity contribution in [2.24, 2.45) is 0 Å². The molecule has 2 rings (SSSR count). The molecule has 1 fully saturated rings. The predicted octanol–water partition coefficient (Wildman–Crippen LogP) is 4.00. The molecule has 0 saturated carbocycles. The zero-order chi connectivity index (χ0) is 21.6. The van der Waals surface area contributed by atoms with Crippen LogP contribution in [0, 0.1) is 0 Å². The first-order valence-corrected chi connectivity index (χ1v) is 11.1. The Balaban J connectivity index is 1.68. The van der Waals surface area contributed by atoms with Crippen LogP contribution in [-0.4, -0.2) is 54.0 Å². The molecule has 1 aliphatic rings. The number of hydrogen-bond acceptors (Lipinski definition) is 6. The number of aliphatic hydroxyl groups excluding tert-OH is 2. The fraction of sp³-hybridized carbons (Fsp3) is 0.625. The number of carbonyl (C=O) groups excluding carboxylic acids is 1. The fourth-order valence-electron chi connectivity index (χ4n) is 3.43. The molecule has 30 heavy (non-hydrogen) atoms. The second-order valence-corrected chi connectivity index (χ2v) is 7.61. The Hall–Kier alpha value is -1.73. The van der Waals surface area contributed by atoms with Gasteiger partial charge in [-0.2, -0.15) is 0 Å². The van der Waals surface area contributed by atoms with Crippen LogP contribution in [0.25, 0.3) is 0 Å². The number of rotatable bonds is 14. The maximum Gasteiger partial charge on any atom is 0.338 e. The van der Waals surface area contributed by atoms with Gasteiger partial charge in [-0.05, 0) is 37.8 Å². The molecule has 6 nitrogen and oxygen atoms in total. The smallest absolute Gasteiger partial charge is 0.338 e. The number of hydrogen-bond donors (Lipinski definition) is 2. The van der Waals surface area contributed by atoms with Crippen LogP contribution in [0.3, 0.4) is 0 Å². The van der Waals surface area contributed by atoms with E-state index in [9.17, 15) is 15.0 Å². The third-order valence-electron chi connectivity index (χ3n) is 5.18. The Morgan fingerprint density at radius 1 is 1.07 bits per heavy atom. The Morgan fingerprint density at radius 3 is 2.47 bits per heavy atom. The number of aliphatic hydroxyl groups is 2. The van der Waals surface area contributed by atoms with E-state index in [-0.39, 0.29) is 6.61 Å². The molecule has 0 radical (unpaired) electrons. The average molecular weight is 421 g/mol. The van der Waals surface area contributed by atoms with Gasteiger partial charge in [0.1, 0.15) is 12.2 Å². The van der Waals surface area contributed by atoms with Crippen molar-refractivity contribution in [2.75, 3.05) is 13.2 Å². The molecule has 168 valence electrons. The van der Waals surface area contributed by atoms with E-state index in [2.05, 4.69) is 19.1 Å². The number of carbonyl (C=O) groups is 1. The molecule has 1 aliphatic heterocycles. The third kappa shape index (κ3) is 8.19. The van der Waals surface area contributed by atoms with Crippen molar-refractivity contribution in [3.05, 3.63) is 48.0 Å². The van der Waals surface area contributed by atoms with Gasteiger partial charge >= 0.3 is 5.97 Å². The van der Waals surface area contributed by atoms with Crippen molar-refractivity contribution >= 4 is 5.97 Å². The zero-order valence-electron chi connectivity index (χ0n) is 17.9. The Kier molecular flexibility index (Phi) is 11.7. The summed E-state index contributed by atoms with van der Waals surface area (Å²) in [4.78, 5) is 12.3. The van der Waals surface area contributed by atoms with E-state index < -0.39 is 30.6 Å². The molecule has 1 aromatic carbocycles. The Bertz CT molecular complexity index is 617. The summed E-state index contributed by atoms with van der Waals surface area (Å²) in [6, 6.07) is 8.57. The topological polar surface area (TPSA) is 85.2 Å². The van der Waals surface area contributed by atoms with Crippen LogP contribution < -0.4 is 0 Å². The number of unbranched alkanes of at least 4 members (excludes halogenated alkanes) is 6. The zero-order valence-corrected chi connectivity index (χ0v) is 17.9. The van der Waals surface area contributed by atoms with Crippen LogP contribution >= 0.6 is 0 Å². The number of benzene rings is 1. The molecule has 4 atom stereocenters.